The van der Waals surface area contributed by atoms with E-state index in [1.54, 1.807) is 17.0 Å². The Morgan fingerprint density at radius 2 is 2.12 bits per heavy atom. The molecule has 126 valence electrons. The molecule has 1 amide bonds. The van der Waals surface area contributed by atoms with E-state index in [0.29, 0.717) is 44.0 Å². The van der Waals surface area contributed by atoms with Crippen LogP contribution in [0.2, 0.25) is 0 Å². The zero-order chi connectivity index (χ0) is 16.8. The Bertz CT molecular complexity index is 672. The van der Waals surface area contributed by atoms with Gasteiger partial charge in [-0.1, -0.05) is 30.3 Å². The van der Waals surface area contributed by atoms with Crippen molar-refractivity contribution in [3.63, 3.8) is 0 Å². The maximum atomic E-state index is 12.5. The molecule has 1 aromatic heterocycles. The van der Waals surface area contributed by atoms with Gasteiger partial charge in [-0.05, 0) is 0 Å². The monoisotopic (exact) mass is 328 g/mol. The molecule has 0 saturated carbocycles. The smallest absolute Gasteiger partial charge is 0.223 e. The van der Waals surface area contributed by atoms with E-state index in [0.717, 1.165) is 0 Å². The van der Waals surface area contributed by atoms with Crippen molar-refractivity contribution in [3.8, 4) is 0 Å². The highest BCUT2D eigenvalue weighted by atomic mass is 16.5. The number of aromatic nitrogens is 3. The van der Waals surface area contributed by atoms with E-state index in [9.17, 15) is 9.59 Å². The van der Waals surface area contributed by atoms with Crippen LogP contribution in [0.5, 0.6) is 0 Å². The van der Waals surface area contributed by atoms with Gasteiger partial charge in [-0.15, -0.1) is 0 Å². The number of amides is 1. The van der Waals surface area contributed by atoms with E-state index in [2.05, 4.69) is 15.2 Å². The number of morpholine rings is 1. The molecular weight excluding hydrogens is 308 g/mol. The minimum absolute atomic E-state index is 0.0144. The molecule has 3 rings (SSSR count). The quantitative estimate of drug-likeness (QED) is 0.806. The van der Waals surface area contributed by atoms with Gasteiger partial charge >= 0.3 is 0 Å². The molecule has 1 saturated heterocycles. The maximum absolute atomic E-state index is 12.5. The summed E-state index contributed by atoms with van der Waals surface area (Å²) in [5.74, 6) is 0.730. The van der Waals surface area contributed by atoms with Gasteiger partial charge in [-0.3, -0.25) is 14.7 Å². The van der Waals surface area contributed by atoms with Gasteiger partial charge in [-0.2, -0.15) is 5.10 Å². The van der Waals surface area contributed by atoms with Gasteiger partial charge in [0.15, 0.2) is 5.78 Å². The summed E-state index contributed by atoms with van der Waals surface area (Å²) in [6, 6.07) is 8.92. The number of ether oxygens (including phenoxy) is 1. The molecule has 0 unspecified atom stereocenters. The van der Waals surface area contributed by atoms with Crippen molar-refractivity contribution in [3.05, 3.63) is 48.0 Å². The van der Waals surface area contributed by atoms with Crippen molar-refractivity contribution >= 4 is 11.7 Å². The number of benzene rings is 1. The first kappa shape index (κ1) is 16.3. The second-order valence-electron chi connectivity index (χ2n) is 5.74. The third kappa shape index (κ3) is 4.05. The van der Waals surface area contributed by atoms with Gasteiger partial charge < -0.3 is 9.64 Å². The van der Waals surface area contributed by atoms with E-state index in [1.165, 1.54) is 6.33 Å². The number of Topliss-reactive ketones (excluding diaryl/α,β-unsaturated/α-hetero) is 1. The van der Waals surface area contributed by atoms with Crippen LogP contribution in [0.4, 0.5) is 0 Å². The zero-order valence-corrected chi connectivity index (χ0v) is 13.4. The van der Waals surface area contributed by atoms with Crippen molar-refractivity contribution in [2.75, 3.05) is 19.8 Å². The molecule has 2 heterocycles. The molecule has 1 N–H and O–H groups in total. The Kier molecular flexibility index (Phi) is 5.32. The molecule has 1 fully saturated rings. The fraction of sp³-hybridized carbons (Fsp3) is 0.412. The van der Waals surface area contributed by atoms with Crippen LogP contribution in [-0.2, 0) is 16.0 Å². The third-order valence-electron chi connectivity index (χ3n) is 4.11. The van der Waals surface area contributed by atoms with E-state index in [1.807, 2.05) is 18.2 Å². The first-order chi connectivity index (χ1) is 11.7. The van der Waals surface area contributed by atoms with Crippen LogP contribution < -0.4 is 0 Å². The number of ketones is 1. The van der Waals surface area contributed by atoms with Crippen LogP contribution in [0, 0.1) is 0 Å². The number of nitrogens with one attached hydrogen (secondary N) is 1. The van der Waals surface area contributed by atoms with Gasteiger partial charge in [-0.25, -0.2) is 4.98 Å². The summed E-state index contributed by atoms with van der Waals surface area (Å²) >= 11 is 0. The minimum atomic E-state index is -0.214. The number of carbonyl (C=O) groups excluding carboxylic acids is 2. The summed E-state index contributed by atoms with van der Waals surface area (Å²) in [4.78, 5) is 30.7. The first-order valence-electron chi connectivity index (χ1n) is 8.04. The van der Waals surface area contributed by atoms with E-state index < -0.39 is 0 Å². The van der Waals surface area contributed by atoms with Crippen molar-refractivity contribution in [1.82, 2.24) is 20.1 Å². The Labute approximate surface area is 140 Å². The van der Waals surface area contributed by atoms with Crippen LogP contribution in [0.1, 0.15) is 29.0 Å². The SMILES string of the molecule is O=C(C[C@H]1COCCN1C(=O)CCc1ncn[nH]1)c1ccccc1. The number of aryl methyl sites for hydroxylation is 1. The maximum Gasteiger partial charge on any atom is 0.223 e. The van der Waals surface area contributed by atoms with Gasteiger partial charge in [0.05, 0.1) is 19.3 Å². The highest BCUT2D eigenvalue weighted by Crippen LogP contribution is 2.16. The predicted molar refractivity (Wildman–Crippen MR) is 86.4 cm³/mol. The molecular formula is C17H20N4O3. The topological polar surface area (TPSA) is 88.2 Å². The Hall–Kier alpha value is -2.54. The second kappa shape index (κ2) is 7.83. The van der Waals surface area contributed by atoms with Crippen LogP contribution in [0.3, 0.4) is 0 Å². The standard InChI is InChI=1S/C17H20N4O3/c22-15(13-4-2-1-3-5-13)10-14-11-24-9-8-21(14)17(23)7-6-16-18-12-19-20-16/h1-5,12,14H,6-11H2,(H,18,19,20)/t14-/m0/s1. The summed E-state index contributed by atoms with van der Waals surface area (Å²) in [6.07, 6.45) is 2.55. The molecule has 0 spiro atoms. The summed E-state index contributed by atoms with van der Waals surface area (Å²) in [5, 5.41) is 6.52. The lowest BCUT2D eigenvalue weighted by Crippen LogP contribution is -2.49. The summed E-state index contributed by atoms with van der Waals surface area (Å²) in [7, 11) is 0. The average molecular weight is 328 g/mol. The molecule has 2 aromatic rings. The molecule has 1 atom stereocenters. The van der Waals surface area contributed by atoms with Gasteiger partial charge in [0.1, 0.15) is 12.2 Å². The molecule has 1 aliphatic heterocycles. The van der Waals surface area contributed by atoms with Crippen molar-refractivity contribution in [1.29, 1.82) is 0 Å². The number of hydrogen-bond donors (Lipinski definition) is 1. The lowest BCUT2D eigenvalue weighted by atomic mass is 10.0. The molecule has 7 heteroatoms. The number of carbonyl (C=O) groups is 2. The molecule has 1 aliphatic rings. The highest BCUT2D eigenvalue weighted by Gasteiger charge is 2.29. The van der Waals surface area contributed by atoms with Gasteiger partial charge in [0.25, 0.3) is 0 Å². The second-order valence-corrected chi connectivity index (χ2v) is 5.74. The molecule has 24 heavy (non-hydrogen) atoms. The molecule has 0 bridgehead atoms. The number of hydrogen-bond acceptors (Lipinski definition) is 5. The normalized spacial score (nSPS) is 17.7. The van der Waals surface area contributed by atoms with E-state index in [-0.39, 0.29) is 24.2 Å². The Balaban J connectivity index is 1.60. The highest BCUT2D eigenvalue weighted by molar-refractivity contribution is 5.96. The van der Waals surface area contributed by atoms with Crippen molar-refractivity contribution < 1.29 is 14.3 Å². The van der Waals surface area contributed by atoms with Crippen LogP contribution in [-0.4, -0.2) is 57.6 Å². The molecule has 1 aromatic carbocycles. The lowest BCUT2D eigenvalue weighted by Gasteiger charge is -2.35. The van der Waals surface area contributed by atoms with Gasteiger partial charge in [0, 0.05) is 31.4 Å². The van der Waals surface area contributed by atoms with Crippen LogP contribution >= 0.6 is 0 Å². The predicted octanol–water partition coefficient (Wildman–Crippen LogP) is 1.24. The average Bonchev–Trinajstić information content (AvgIpc) is 3.14. The molecule has 7 nitrogen and oxygen atoms in total. The minimum Gasteiger partial charge on any atom is -0.377 e. The fourth-order valence-electron chi connectivity index (χ4n) is 2.83. The number of rotatable bonds is 6. The van der Waals surface area contributed by atoms with Crippen LogP contribution in [0.15, 0.2) is 36.7 Å². The summed E-state index contributed by atoms with van der Waals surface area (Å²) < 4.78 is 5.48. The molecule has 0 radical (unpaired) electrons. The van der Waals surface area contributed by atoms with Crippen molar-refractivity contribution in [2.24, 2.45) is 0 Å². The summed E-state index contributed by atoms with van der Waals surface area (Å²) in [6.45, 7) is 1.42. The third-order valence-corrected chi connectivity index (χ3v) is 4.11. The number of aromatic amines is 1. The lowest BCUT2D eigenvalue weighted by molar-refractivity contribution is -0.139. The fourth-order valence-corrected chi connectivity index (χ4v) is 2.83. The number of nitrogens with zero attached hydrogens (tertiary/aromatic N) is 3. The number of H-pyrrole nitrogens is 1. The summed E-state index contributed by atoms with van der Waals surface area (Å²) in [5.41, 5.74) is 0.664. The van der Waals surface area contributed by atoms with Gasteiger partial charge in [0.2, 0.25) is 5.91 Å². The Morgan fingerprint density at radius 1 is 1.29 bits per heavy atom. The largest absolute Gasteiger partial charge is 0.377 e. The zero-order valence-electron chi connectivity index (χ0n) is 13.4. The van der Waals surface area contributed by atoms with E-state index in [4.69, 9.17) is 4.74 Å². The van der Waals surface area contributed by atoms with E-state index >= 15 is 0 Å². The molecule has 0 aliphatic carbocycles. The Morgan fingerprint density at radius 3 is 2.88 bits per heavy atom. The van der Waals surface area contributed by atoms with Crippen molar-refractivity contribution in [2.45, 2.75) is 25.3 Å². The first-order valence-corrected chi connectivity index (χ1v) is 8.04. The van der Waals surface area contributed by atoms with Crippen LogP contribution in [0.25, 0.3) is 0 Å².